The SMILES string of the molecule is CC(C)(C)OC(=O)N1CCCC1/C=C/CN. The van der Waals surface area contributed by atoms with Gasteiger partial charge in [-0.15, -0.1) is 0 Å². The molecule has 1 heterocycles. The predicted octanol–water partition coefficient (Wildman–Crippen LogP) is 1.90. The number of carbonyl (C=O) groups excluding carboxylic acids is 1. The molecule has 1 rings (SSSR count). The lowest BCUT2D eigenvalue weighted by atomic mass is 10.2. The Morgan fingerprint density at radius 1 is 1.56 bits per heavy atom. The molecule has 1 aliphatic heterocycles. The van der Waals surface area contributed by atoms with Gasteiger partial charge in [0.1, 0.15) is 5.60 Å². The lowest BCUT2D eigenvalue weighted by molar-refractivity contribution is 0.0256. The summed E-state index contributed by atoms with van der Waals surface area (Å²) in [5.41, 5.74) is 4.98. The zero-order valence-corrected chi connectivity index (χ0v) is 10.4. The van der Waals surface area contributed by atoms with E-state index in [1.807, 2.05) is 32.9 Å². The molecule has 1 amide bonds. The average molecular weight is 226 g/mol. The highest BCUT2D eigenvalue weighted by Gasteiger charge is 2.30. The summed E-state index contributed by atoms with van der Waals surface area (Å²) in [6.45, 7) is 6.93. The van der Waals surface area contributed by atoms with Crippen LogP contribution in [0.2, 0.25) is 0 Å². The number of nitrogens with zero attached hydrogens (tertiary/aromatic N) is 1. The van der Waals surface area contributed by atoms with Gasteiger partial charge < -0.3 is 15.4 Å². The molecule has 1 fully saturated rings. The van der Waals surface area contributed by atoms with Gasteiger partial charge in [-0.2, -0.15) is 0 Å². The van der Waals surface area contributed by atoms with Crippen LogP contribution < -0.4 is 5.73 Å². The first-order valence-electron chi connectivity index (χ1n) is 5.80. The number of ether oxygens (including phenoxy) is 1. The summed E-state index contributed by atoms with van der Waals surface area (Å²) >= 11 is 0. The molecule has 1 aliphatic rings. The number of hydrogen-bond acceptors (Lipinski definition) is 3. The third-order valence-electron chi connectivity index (χ3n) is 2.42. The molecule has 0 saturated carbocycles. The van der Waals surface area contributed by atoms with E-state index < -0.39 is 5.60 Å². The van der Waals surface area contributed by atoms with Crippen LogP contribution in [0, 0.1) is 0 Å². The molecule has 0 aromatic carbocycles. The van der Waals surface area contributed by atoms with Crippen LogP contribution in [0.15, 0.2) is 12.2 Å². The van der Waals surface area contributed by atoms with E-state index in [-0.39, 0.29) is 12.1 Å². The van der Waals surface area contributed by atoms with Gasteiger partial charge in [0.05, 0.1) is 6.04 Å². The molecular weight excluding hydrogens is 204 g/mol. The van der Waals surface area contributed by atoms with Crippen molar-refractivity contribution in [3.63, 3.8) is 0 Å². The highest BCUT2D eigenvalue weighted by atomic mass is 16.6. The molecule has 92 valence electrons. The third-order valence-corrected chi connectivity index (χ3v) is 2.42. The minimum Gasteiger partial charge on any atom is -0.444 e. The van der Waals surface area contributed by atoms with Crippen LogP contribution in [-0.4, -0.2) is 35.7 Å². The Labute approximate surface area is 97.4 Å². The van der Waals surface area contributed by atoms with Gasteiger partial charge in [0, 0.05) is 13.1 Å². The maximum Gasteiger partial charge on any atom is 0.410 e. The van der Waals surface area contributed by atoms with Crippen LogP contribution >= 0.6 is 0 Å². The first kappa shape index (κ1) is 13.0. The van der Waals surface area contributed by atoms with E-state index in [0.717, 1.165) is 19.4 Å². The molecule has 0 aromatic rings. The van der Waals surface area contributed by atoms with Gasteiger partial charge in [-0.25, -0.2) is 4.79 Å². The fraction of sp³-hybridized carbons (Fsp3) is 0.750. The van der Waals surface area contributed by atoms with Crippen LogP contribution in [0.1, 0.15) is 33.6 Å². The van der Waals surface area contributed by atoms with E-state index in [9.17, 15) is 4.79 Å². The Kier molecular flexibility index (Phi) is 4.35. The van der Waals surface area contributed by atoms with Gasteiger partial charge in [0.15, 0.2) is 0 Å². The maximum absolute atomic E-state index is 11.9. The number of rotatable bonds is 2. The van der Waals surface area contributed by atoms with Crippen molar-refractivity contribution in [2.24, 2.45) is 5.73 Å². The third kappa shape index (κ3) is 3.85. The molecule has 1 unspecified atom stereocenters. The zero-order chi connectivity index (χ0) is 12.2. The van der Waals surface area contributed by atoms with Gasteiger partial charge in [-0.05, 0) is 33.6 Å². The Hall–Kier alpha value is -1.03. The lowest BCUT2D eigenvalue weighted by Gasteiger charge is -2.27. The van der Waals surface area contributed by atoms with Gasteiger partial charge in [-0.1, -0.05) is 12.2 Å². The molecular formula is C12H22N2O2. The van der Waals surface area contributed by atoms with Crippen LogP contribution in [-0.2, 0) is 4.74 Å². The van der Waals surface area contributed by atoms with Crippen molar-refractivity contribution in [2.75, 3.05) is 13.1 Å². The largest absolute Gasteiger partial charge is 0.444 e. The van der Waals surface area contributed by atoms with Crippen LogP contribution in [0.4, 0.5) is 4.79 Å². The summed E-state index contributed by atoms with van der Waals surface area (Å²) in [6, 6.07) is 0.151. The summed E-state index contributed by atoms with van der Waals surface area (Å²) in [6.07, 6.45) is 5.69. The van der Waals surface area contributed by atoms with Gasteiger partial charge in [0.2, 0.25) is 0 Å². The molecule has 0 aliphatic carbocycles. The molecule has 1 saturated heterocycles. The van der Waals surface area contributed by atoms with Crippen molar-refractivity contribution in [3.05, 3.63) is 12.2 Å². The number of amides is 1. The molecule has 4 nitrogen and oxygen atoms in total. The lowest BCUT2D eigenvalue weighted by Crippen LogP contribution is -2.39. The Balaban J connectivity index is 2.57. The van der Waals surface area contributed by atoms with E-state index in [0.29, 0.717) is 6.54 Å². The summed E-state index contributed by atoms with van der Waals surface area (Å²) in [4.78, 5) is 13.6. The maximum atomic E-state index is 11.9. The predicted molar refractivity (Wildman–Crippen MR) is 64.2 cm³/mol. The number of likely N-dealkylation sites (tertiary alicyclic amines) is 1. The first-order valence-corrected chi connectivity index (χ1v) is 5.80. The minimum atomic E-state index is -0.429. The van der Waals surface area contributed by atoms with Crippen molar-refractivity contribution in [1.82, 2.24) is 4.90 Å². The van der Waals surface area contributed by atoms with Crippen LogP contribution in [0.5, 0.6) is 0 Å². The Morgan fingerprint density at radius 2 is 2.25 bits per heavy atom. The highest BCUT2D eigenvalue weighted by molar-refractivity contribution is 5.69. The van der Waals surface area contributed by atoms with E-state index in [2.05, 4.69) is 0 Å². The molecule has 0 aromatic heterocycles. The van der Waals surface area contributed by atoms with Gasteiger partial charge in [-0.3, -0.25) is 0 Å². The second kappa shape index (κ2) is 5.34. The Morgan fingerprint density at radius 3 is 2.81 bits per heavy atom. The number of nitrogens with two attached hydrogens (primary N) is 1. The first-order chi connectivity index (χ1) is 7.44. The van der Waals surface area contributed by atoms with Crippen molar-refractivity contribution in [1.29, 1.82) is 0 Å². The van der Waals surface area contributed by atoms with Crippen LogP contribution in [0.25, 0.3) is 0 Å². The molecule has 0 radical (unpaired) electrons. The fourth-order valence-electron chi connectivity index (χ4n) is 1.78. The van der Waals surface area contributed by atoms with Gasteiger partial charge >= 0.3 is 6.09 Å². The smallest absolute Gasteiger partial charge is 0.410 e. The average Bonchev–Trinajstić information content (AvgIpc) is 2.59. The number of hydrogen-bond donors (Lipinski definition) is 1. The normalized spacial score (nSPS) is 21.8. The quantitative estimate of drug-likeness (QED) is 0.732. The van der Waals surface area contributed by atoms with Crippen molar-refractivity contribution < 1.29 is 9.53 Å². The van der Waals surface area contributed by atoms with Crippen LogP contribution in [0.3, 0.4) is 0 Å². The Bertz CT molecular complexity index is 269. The summed E-state index contributed by atoms with van der Waals surface area (Å²) in [5, 5.41) is 0. The van der Waals surface area contributed by atoms with Gasteiger partial charge in [0.25, 0.3) is 0 Å². The molecule has 4 heteroatoms. The molecule has 1 atom stereocenters. The van der Waals surface area contributed by atoms with Crippen molar-refractivity contribution in [3.8, 4) is 0 Å². The molecule has 0 spiro atoms. The molecule has 16 heavy (non-hydrogen) atoms. The molecule has 0 bridgehead atoms. The number of carbonyl (C=O) groups is 1. The fourth-order valence-corrected chi connectivity index (χ4v) is 1.78. The second-order valence-electron chi connectivity index (χ2n) is 5.05. The summed E-state index contributed by atoms with van der Waals surface area (Å²) in [7, 11) is 0. The van der Waals surface area contributed by atoms with E-state index in [1.165, 1.54) is 0 Å². The highest BCUT2D eigenvalue weighted by Crippen LogP contribution is 2.21. The van der Waals surface area contributed by atoms with E-state index in [4.69, 9.17) is 10.5 Å². The zero-order valence-electron chi connectivity index (χ0n) is 10.4. The monoisotopic (exact) mass is 226 g/mol. The topological polar surface area (TPSA) is 55.6 Å². The van der Waals surface area contributed by atoms with Crippen molar-refractivity contribution in [2.45, 2.75) is 45.3 Å². The molecule has 2 N–H and O–H groups in total. The summed E-state index contributed by atoms with van der Waals surface area (Å²) in [5.74, 6) is 0. The van der Waals surface area contributed by atoms with E-state index in [1.54, 1.807) is 4.90 Å². The minimum absolute atomic E-state index is 0.151. The second-order valence-corrected chi connectivity index (χ2v) is 5.05. The standard InChI is InChI=1S/C12H22N2O2/c1-12(2,3)16-11(15)14-9-5-7-10(14)6-4-8-13/h4,6,10H,5,7-9,13H2,1-3H3/b6-4+. The summed E-state index contributed by atoms with van der Waals surface area (Å²) < 4.78 is 5.35. The van der Waals surface area contributed by atoms with E-state index >= 15 is 0 Å². The van der Waals surface area contributed by atoms with Crippen molar-refractivity contribution >= 4 is 6.09 Å².